The number of guanidine groups is 1. The van der Waals surface area contributed by atoms with Crippen molar-refractivity contribution in [3.8, 4) is 11.5 Å². The molecule has 2 heterocycles. The van der Waals surface area contributed by atoms with Gasteiger partial charge in [-0.05, 0) is 26.0 Å². The van der Waals surface area contributed by atoms with E-state index in [0.717, 1.165) is 41.8 Å². The molecule has 3 rings (SSSR count). The van der Waals surface area contributed by atoms with E-state index >= 15 is 0 Å². The van der Waals surface area contributed by atoms with E-state index in [0.29, 0.717) is 25.7 Å². The SMILES string of the molecule is CCNC(=NCc1nnc(C)n1C)Nc1ccc2c(c1)OCCCO2. The van der Waals surface area contributed by atoms with Crippen molar-refractivity contribution in [2.24, 2.45) is 12.0 Å². The van der Waals surface area contributed by atoms with Crippen LogP contribution in [0.2, 0.25) is 0 Å². The molecule has 0 fully saturated rings. The van der Waals surface area contributed by atoms with Gasteiger partial charge in [-0.2, -0.15) is 0 Å². The molecule has 0 saturated carbocycles. The first-order valence-electron chi connectivity index (χ1n) is 8.47. The quantitative estimate of drug-likeness (QED) is 0.650. The number of hydrogen-bond acceptors (Lipinski definition) is 5. The number of anilines is 1. The van der Waals surface area contributed by atoms with E-state index in [9.17, 15) is 0 Å². The first-order valence-corrected chi connectivity index (χ1v) is 8.47. The van der Waals surface area contributed by atoms with Crippen LogP contribution in [0.1, 0.15) is 25.0 Å². The van der Waals surface area contributed by atoms with Gasteiger partial charge in [0.15, 0.2) is 23.3 Å². The highest BCUT2D eigenvalue weighted by Gasteiger charge is 2.11. The van der Waals surface area contributed by atoms with Gasteiger partial charge in [0.25, 0.3) is 0 Å². The van der Waals surface area contributed by atoms with Crippen LogP contribution in [0.4, 0.5) is 5.69 Å². The summed E-state index contributed by atoms with van der Waals surface area (Å²) in [5, 5.41) is 14.7. The zero-order chi connectivity index (χ0) is 17.6. The highest BCUT2D eigenvalue weighted by Crippen LogP contribution is 2.32. The summed E-state index contributed by atoms with van der Waals surface area (Å²) in [6.07, 6.45) is 0.888. The van der Waals surface area contributed by atoms with Crippen LogP contribution < -0.4 is 20.1 Å². The number of fused-ring (bicyclic) bond motifs is 1. The lowest BCUT2D eigenvalue weighted by atomic mass is 10.3. The fourth-order valence-electron chi connectivity index (χ4n) is 2.42. The zero-order valence-electron chi connectivity index (χ0n) is 14.9. The van der Waals surface area contributed by atoms with E-state index in [1.807, 2.05) is 43.7 Å². The Bertz CT molecular complexity index is 756. The number of nitrogens with zero attached hydrogens (tertiary/aromatic N) is 4. The maximum atomic E-state index is 5.73. The Kier molecular flexibility index (Phi) is 5.37. The number of rotatable bonds is 4. The van der Waals surface area contributed by atoms with Gasteiger partial charge in [-0.15, -0.1) is 10.2 Å². The second-order valence-corrected chi connectivity index (χ2v) is 5.75. The summed E-state index contributed by atoms with van der Waals surface area (Å²) in [6, 6.07) is 5.80. The Balaban J connectivity index is 1.74. The van der Waals surface area contributed by atoms with Gasteiger partial charge in [0.05, 0.1) is 13.2 Å². The molecule has 8 heteroatoms. The Morgan fingerprint density at radius 2 is 2.04 bits per heavy atom. The fourth-order valence-corrected chi connectivity index (χ4v) is 2.42. The molecule has 134 valence electrons. The van der Waals surface area contributed by atoms with Crippen molar-refractivity contribution in [3.05, 3.63) is 29.8 Å². The number of hydrogen-bond donors (Lipinski definition) is 2. The lowest BCUT2D eigenvalue weighted by Crippen LogP contribution is -2.30. The molecule has 0 amide bonds. The maximum Gasteiger partial charge on any atom is 0.196 e. The molecule has 25 heavy (non-hydrogen) atoms. The molecule has 0 aliphatic carbocycles. The maximum absolute atomic E-state index is 5.73. The van der Waals surface area contributed by atoms with Gasteiger partial charge < -0.3 is 24.7 Å². The van der Waals surface area contributed by atoms with Crippen molar-refractivity contribution in [3.63, 3.8) is 0 Å². The molecule has 2 N–H and O–H groups in total. The van der Waals surface area contributed by atoms with Crippen molar-refractivity contribution >= 4 is 11.6 Å². The van der Waals surface area contributed by atoms with Crippen LogP contribution >= 0.6 is 0 Å². The van der Waals surface area contributed by atoms with Crippen LogP contribution in [0.15, 0.2) is 23.2 Å². The van der Waals surface area contributed by atoms with Crippen LogP contribution in [0.25, 0.3) is 0 Å². The molecule has 1 aliphatic rings. The van der Waals surface area contributed by atoms with Crippen LogP contribution in [-0.2, 0) is 13.6 Å². The molecule has 1 aliphatic heterocycles. The van der Waals surface area contributed by atoms with Gasteiger partial charge in [0.1, 0.15) is 12.4 Å². The second kappa shape index (κ2) is 7.87. The van der Waals surface area contributed by atoms with Gasteiger partial charge in [0.2, 0.25) is 0 Å². The molecule has 0 radical (unpaired) electrons. The summed E-state index contributed by atoms with van der Waals surface area (Å²) in [6.45, 7) is 6.49. The normalized spacial score (nSPS) is 14.1. The lowest BCUT2D eigenvalue weighted by Gasteiger charge is -2.13. The Morgan fingerprint density at radius 3 is 2.76 bits per heavy atom. The van der Waals surface area contributed by atoms with Crippen molar-refractivity contribution in [1.82, 2.24) is 20.1 Å². The Morgan fingerprint density at radius 1 is 1.24 bits per heavy atom. The molecule has 0 bridgehead atoms. The fraction of sp³-hybridized carbons (Fsp3) is 0.471. The number of nitrogens with one attached hydrogen (secondary N) is 2. The molecular formula is C17H24N6O2. The van der Waals surface area contributed by atoms with Crippen LogP contribution in [0.3, 0.4) is 0 Å². The third-order valence-corrected chi connectivity index (χ3v) is 3.92. The van der Waals surface area contributed by atoms with Gasteiger partial charge >= 0.3 is 0 Å². The molecule has 0 saturated heterocycles. The minimum Gasteiger partial charge on any atom is -0.490 e. The van der Waals surface area contributed by atoms with E-state index in [4.69, 9.17) is 9.47 Å². The van der Waals surface area contributed by atoms with Crippen molar-refractivity contribution in [2.45, 2.75) is 26.8 Å². The molecule has 1 aromatic carbocycles. The highest BCUT2D eigenvalue weighted by molar-refractivity contribution is 5.93. The van der Waals surface area contributed by atoms with Crippen molar-refractivity contribution in [1.29, 1.82) is 0 Å². The van der Waals surface area contributed by atoms with Crippen LogP contribution in [-0.4, -0.2) is 40.5 Å². The van der Waals surface area contributed by atoms with Gasteiger partial charge in [0, 0.05) is 31.8 Å². The third-order valence-electron chi connectivity index (χ3n) is 3.92. The average Bonchev–Trinajstić information content (AvgIpc) is 2.81. The number of aryl methyl sites for hydroxylation is 1. The number of ether oxygens (including phenoxy) is 2. The standard InChI is InChI=1S/C17H24N6O2/c1-4-18-17(19-11-16-22-21-12(2)23(16)3)20-13-6-7-14-15(10-13)25-9-5-8-24-14/h6-7,10H,4-5,8-9,11H2,1-3H3,(H2,18,19,20). The Labute approximate surface area is 147 Å². The summed E-state index contributed by atoms with van der Waals surface area (Å²) in [5.74, 6) is 3.89. The van der Waals surface area contributed by atoms with E-state index in [1.165, 1.54) is 0 Å². The first-order chi connectivity index (χ1) is 12.2. The molecule has 0 atom stereocenters. The monoisotopic (exact) mass is 344 g/mol. The van der Waals surface area contributed by atoms with Crippen LogP contribution in [0.5, 0.6) is 11.5 Å². The van der Waals surface area contributed by atoms with Crippen molar-refractivity contribution < 1.29 is 9.47 Å². The second-order valence-electron chi connectivity index (χ2n) is 5.75. The minimum atomic E-state index is 0.442. The number of aromatic nitrogens is 3. The molecule has 0 spiro atoms. The van der Waals surface area contributed by atoms with E-state index in [2.05, 4.69) is 25.8 Å². The highest BCUT2D eigenvalue weighted by atomic mass is 16.5. The largest absolute Gasteiger partial charge is 0.490 e. The van der Waals surface area contributed by atoms with E-state index in [1.54, 1.807) is 0 Å². The van der Waals surface area contributed by atoms with E-state index < -0.39 is 0 Å². The molecule has 0 unspecified atom stereocenters. The molecular weight excluding hydrogens is 320 g/mol. The molecule has 1 aromatic heterocycles. The summed E-state index contributed by atoms with van der Waals surface area (Å²) in [7, 11) is 1.93. The molecule has 8 nitrogen and oxygen atoms in total. The number of benzene rings is 1. The summed E-state index contributed by atoms with van der Waals surface area (Å²) < 4.78 is 13.3. The van der Waals surface area contributed by atoms with Crippen LogP contribution in [0, 0.1) is 6.92 Å². The van der Waals surface area contributed by atoms with Crippen molar-refractivity contribution in [2.75, 3.05) is 25.1 Å². The first kappa shape index (κ1) is 17.1. The minimum absolute atomic E-state index is 0.442. The predicted molar refractivity (Wildman–Crippen MR) is 96.2 cm³/mol. The summed E-state index contributed by atoms with van der Waals surface area (Å²) in [5.41, 5.74) is 0.887. The third kappa shape index (κ3) is 4.20. The zero-order valence-corrected chi connectivity index (χ0v) is 14.9. The predicted octanol–water partition coefficient (Wildman–Crippen LogP) is 1.86. The average molecular weight is 344 g/mol. The van der Waals surface area contributed by atoms with Gasteiger partial charge in [-0.3, -0.25) is 0 Å². The smallest absolute Gasteiger partial charge is 0.196 e. The van der Waals surface area contributed by atoms with E-state index in [-0.39, 0.29) is 0 Å². The number of aliphatic imine (C=N–C) groups is 1. The van der Waals surface area contributed by atoms with Gasteiger partial charge in [-0.25, -0.2) is 4.99 Å². The summed E-state index contributed by atoms with van der Waals surface area (Å²) in [4.78, 5) is 4.58. The molecule has 2 aromatic rings. The topological polar surface area (TPSA) is 85.6 Å². The summed E-state index contributed by atoms with van der Waals surface area (Å²) >= 11 is 0. The van der Waals surface area contributed by atoms with Gasteiger partial charge in [-0.1, -0.05) is 0 Å². The Hall–Kier alpha value is -2.77. The lowest BCUT2D eigenvalue weighted by molar-refractivity contribution is 0.297.